The van der Waals surface area contributed by atoms with Crippen LogP contribution in [0.3, 0.4) is 0 Å². The summed E-state index contributed by atoms with van der Waals surface area (Å²) in [5.74, 6) is 0.105. The van der Waals surface area contributed by atoms with Gasteiger partial charge in [-0.25, -0.2) is 9.37 Å². The van der Waals surface area contributed by atoms with Gasteiger partial charge in [-0.2, -0.15) is 0 Å². The largest absolute Gasteiger partial charge is 0.329 e. The van der Waals surface area contributed by atoms with Crippen molar-refractivity contribution in [2.75, 3.05) is 0 Å². The number of aryl methyl sites for hydroxylation is 1. The molecule has 1 heterocycles. The summed E-state index contributed by atoms with van der Waals surface area (Å²) in [5.41, 5.74) is 0.0554. The molecule has 0 amide bonds. The first-order valence-electron chi connectivity index (χ1n) is 6.78. The lowest BCUT2D eigenvalue weighted by molar-refractivity contribution is 0.0893. The maximum absolute atomic E-state index is 13.0. The van der Waals surface area contributed by atoms with Crippen molar-refractivity contribution < 1.29 is 9.18 Å². The fourth-order valence-corrected chi connectivity index (χ4v) is 2.22. The molecule has 0 bridgehead atoms. The molecule has 0 aliphatic rings. The predicted molar refractivity (Wildman–Crippen MR) is 76.3 cm³/mol. The van der Waals surface area contributed by atoms with Crippen LogP contribution < -0.4 is 0 Å². The smallest absolute Gasteiger partial charge is 0.208 e. The number of rotatable bonds is 5. The van der Waals surface area contributed by atoms with Crippen LogP contribution in [0.25, 0.3) is 0 Å². The Morgan fingerprint density at radius 2 is 1.95 bits per heavy atom. The summed E-state index contributed by atoms with van der Waals surface area (Å²) in [6, 6.07) is 6.06. The molecule has 0 saturated carbocycles. The lowest BCUT2D eigenvalue weighted by atomic mass is 9.80. The van der Waals surface area contributed by atoms with Gasteiger partial charge in [-0.3, -0.25) is 4.79 Å². The molecule has 0 spiro atoms. The Balaban J connectivity index is 2.35. The highest BCUT2D eigenvalue weighted by molar-refractivity contribution is 6.01. The molecule has 0 saturated heterocycles. The van der Waals surface area contributed by atoms with Crippen molar-refractivity contribution in [1.29, 1.82) is 0 Å². The Morgan fingerprint density at radius 3 is 2.55 bits per heavy atom. The van der Waals surface area contributed by atoms with Crippen LogP contribution in [0.15, 0.2) is 36.7 Å². The molecule has 3 nitrogen and oxygen atoms in total. The number of halogens is 1. The first kappa shape index (κ1) is 14.4. The Bertz CT molecular complexity index is 599. The number of aromatic nitrogens is 2. The van der Waals surface area contributed by atoms with Gasteiger partial charge in [0.2, 0.25) is 5.78 Å². The summed E-state index contributed by atoms with van der Waals surface area (Å²) in [7, 11) is 0. The molecule has 0 aliphatic carbocycles. The molecule has 0 radical (unpaired) electrons. The van der Waals surface area contributed by atoms with Crippen LogP contribution in [-0.2, 0) is 12.0 Å². The Hall–Kier alpha value is -1.97. The van der Waals surface area contributed by atoms with Gasteiger partial charge in [0.1, 0.15) is 5.82 Å². The van der Waals surface area contributed by atoms with E-state index in [1.165, 1.54) is 12.1 Å². The average molecular weight is 274 g/mol. The van der Waals surface area contributed by atoms with Crippen LogP contribution in [-0.4, -0.2) is 15.3 Å². The van der Waals surface area contributed by atoms with E-state index < -0.39 is 5.41 Å². The van der Waals surface area contributed by atoms with Crippen LogP contribution in [0.2, 0.25) is 0 Å². The molecule has 0 fully saturated rings. The number of imidazole rings is 1. The van der Waals surface area contributed by atoms with Crippen LogP contribution in [0.5, 0.6) is 0 Å². The zero-order chi connectivity index (χ0) is 14.8. The number of hydrogen-bond acceptors (Lipinski definition) is 2. The SMILES string of the molecule is CCCn1ccnc1C(=O)C(C)(C)c1ccc(F)cc1. The molecule has 20 heavy (non-hydrogen) atoms. The molecule has 0 N–H and O–H groups in total. The van der Waals surface area contributed by atoms with Gasteiger partial charge in [0.25, 0.3) is 0 Å². The first-order valence-corrected chi connectivity index (χ1v) is 6.78. The lowest BCUT2D eigenvalue weighted by Crippen LogP contribution is -2.31. The van der Waals surface area contributed by atoms with Crippen molar-refractivity contribution in [2.24, 2.45) is 0 Å². The molecule has 2 aromatic rings. The van der Waals surface area contributed by atoms with Crippen LogP contribution >= 0.6 is 0 Å². The Morgan fingerprint density at radius 1 is 1.30 bits per heavy atom. The Kier molecular flexibility index (Phi) is 4.02. The van der Waals surface area contributed by atoms with Crippen molar-refractivity contribution in [3.05, 3.63) is 53.9 Å². The van der Waals surface area contributed by atoms with Crippen molar-refractivity contribution in [3.8, 4) is 0 Å². The minimum atomic E-state index is -0.732. The van der Waals surface area contributed by atoms with Crippen molar-refractivity contribution >= 4 is 5.78 Å². The summed E-state index contributed by atoms with van der Waals surface area (Å²) in [6.07, 6.45) is 4.40. The third-order valence-corrected chi connectivity index (χ3v) is 3.52. The highest BCUT2D eigenvalue weighted by atomic mass is 19.1. The van der Waals surface area contributed by atoms with Gasteiger partial charge >= 0.3 is 0 Å². The molecule has 4 heteroatoms. The predicted octanol–water partition coefficient (Wildman–Crippen LogP) is 3.59. The molecule has 0 atom stereocenters. The molecular weight excluding hydrogens is 255 g/mol. The second kappa shape index (κ2) is 5.57. The second-order valence-corrected chi connectivity index (χ2v) is 5.41. The minimum Gasteiger partial charge on any atom is -0.329 e. The number of ketones is 1. The van der Waals surface area contributed by atoms with Gasteiger partial charge in [0.05, 0.1) is 5.41 Å². The summed E-state index contributed by atoms with van der Waals surface area (Å²) >= 11 is 0. The van der Waals surface area contributed by atoms with E-state index in [-0.39, 0.29) is 11.6 Å². The van der Waals surface area contributed by atoms with Gasteiger partial charge in [0.15, 0.2) is 5.82 Å². The number of carbonyl (C=O) groups excluding carboxylic acids is 1. The van der Waals surface area contributed by atoms with E-state index in [0.29, 0.717) is 5.82 Å². The third kappa shape index (κ3) is 2.64. The van der Waals surface area contributed by atoms with Crippen molar-refractivity contribution in [3.63, 3.8) is 0 Å². The maximum Gasteiger partial charge on any atom is 0.208 e. The zero-order valence-corrected chi connectivity index (χ0v) is 12.1. The van der Waals surface area contributed by atoms with Crippen LogP contribution in [0, 0.1) is 5.82 Å². The average Bonchev–Trinajstić information content (AvgIpc) is 2.87. The van der Waals surface area contributed by atoms with E-state index >= 15 is 0 Å². The van der Waals surface area contributed by atoms with E-state index in [9.17, 15) is 9.18 Å². The number of hydrogen-bond donors (Lipinski definition) is 0. The highest BCUT2D eigenvalue weighted by Gasteiger charge is 2.33. The van der Waals surface area contributed by atoms with Gasteiger partial charge in [0, 0.05) is 18.9 Å². The first-order chi connectivity index (χ1) is 9.46. The van der Waals surface area contributed by atoms with Gasteiger partial charge in [-0.15, -0.1) is 0 Å². The normalized spacial score (nSPS) is 11.6. The molecular formula is C16H19FN2O. The summed E-state index contributed by atoms with van der Waals surface area (Å²) in [4.78, 5) is 16.9. The second-order valence-electron chi connectivity index (χ2n) is 5.41. The van der Waals surface area contributed by atoms with Crippen LogP contribution in [0.1, 0.15) is 43.4 Å². The number of Topliss-reactive ketones (excluding diaryl/α,β-unsaturated/α-hetero) is 1. The molecule has 106 valence electrons. The number of nitrogens with zero attached hydrogens (tertiary/aromatic N) is 2. The van der Waals surface area contributed by atoms with Crippen molar-refractivity contribution in [2.45, 2.75) is 39.2 Å². The topological polar surface area (TPSA) is 34.9 Å². The van der Waals surface area contributed by atoms with Gasteiger partial charge in [-0.05, 0) is 38.0 Å². The van der Waals surface area contributed by atoms with Gasteiger partial charge < -0.3 is 4.57 Å². The monoisotopic (exact) mass is 274 g/mol. The zero-order valence-electron chi connectivity index (χ0n) is 12.1. The molecule has 2 rings (SSSR count). The quantitative estimate of drug-likeness (QED) is 0.781. The fraction of sp³-hybridized carbons (Fsp3) is 0.375. The molecule has 1 aromatic heterocycles. The highest BCUT2D eigenvalue weighted by Crippen LogP contribution is 2.27. The molecule has 1 aromatic carbocycles. The van der Waals surface area contributed by atoms with E-state index in [1.807, 2.05) is 24.6 Å². The van der Waals surface area contributed by atoms with Gasteiger partial charge in [-0.1, -0.05) is 19.1 Å². The number of carbonyl (C=O) groups is 1. The summed E-state index contributed by atoms with van der Waals surface area (Å²) < 4.78 is 14.9. The Labute approximate surface area is 118 Å². The molecule has 0 unspecified atom stereocenters. The van der Waals surface area contributed by atoms with Crippen molar-refractivity contribution in [1.82, 2.24) is 9.55 Å². The van der Waals surface area contributed by atoms with Crippen LogP contribution in [0.4, 0.5) is 4.39 Å². The minimum absolute atomic E-state index is 0.0532. The maximum atomic E-state index is 13.0. The third-order valence-electron chi connectivity index (χ3n) is 3.52. The standard InChI is InChI=1S/C16H19FN2O/c1-4-10-19-11-9-18-15(19)14(20)16(2,3)12-5-7-13(17)8-6-12/h5-9,11H,4,10H2,1-3H3. The molecule has 0 aliphatic heterocycles. The van der Waals surface area contributed by atoms with E-state index in [0.717, 1.165) is 18.5 Å². The van der Waals surface area contributed by atoms with E-state index in [2.05, 4.69) is 11.9 Å². The summed E-state index contributed by atoms with van der Waals surface area (Å²) in [5, 5.41) is 0. The summed E-state index contributed by atoms with van der Waals surface area (Å²) in [6.45, 7) is 6.50. The van der Waals surface area contributed by atoms with E-state index in [1.54, 1.807) is 18.3 Å². The van der Waals surface area contributed by atoms with E-state index in [4.69, 9.17) is 0 Å². The fourth-order valence-electron chi connectivity index (χ4n) is 2.22. The number of benzene rings is 1. The lowest BCUT2D eigenvalue weighted by Gasteiger charge is -2.23.